The summed E-state index contributed by atoms with van der Waals surface area (Å²) in [4.78, 5) is 10.4. The molecule has 0 saturated carbocycles. The van der Waals surface area contributed by atoms with Crippen molar-refractivity contribution >= 4 is 29.3 Å². The fraction of sp³-hybridized carbons (Fsp3) is 0.286. The van der Waals surface area contributed by atoms with E-state index in [1.807, 2.05) is 0 Å². The molecule has 2 heterocycles. The predicted octanol–water partition coefficient (Wildman–Crippen LogP) is 0.510. The van der Waals surface area contributed by atoms with Gasteiger partial charge in [0.1, 0.15) is 5.69 Å². The molecule has 0 aromatic carbocycles. The molecule has 0 aliphatic heterocycles. The topological polar surface area (TPSA) is 93.8 Å². The lowest BCUT2D eigenvalue weighted by Gasteiger charge is -1.99. The maximum absolute atomic E-state index is 10.4. The van der Waals surface area contributed by atoms with Gasteiger partial charge in [0.15, 0.2) is 11.0 Å². The van der Waals surface area contributed by atoms with Crippen LogP contribution in [0.25, 0.3) is 11.5 Å². The Morgan fingerprint density at radius 1 is 1.56 bits per heavy atom. The Bertz CT molecular complexity index is 495. The lowest BCUT2D eigenvalue weighted by Crippen LogP contribution is -2.01. The van der Waals surface area contributed by atoms with E-state index < -0.39 is 5.97 Å². The fourth-order valence-corrected chi connectivity index (χ4v) is 2.12. The van der Waals surface area contributed by atoms with Gasteiger partial charge in [-0.15, -0.1) is 15.3 Å². The Labute approximate surface area is 98.7 Å². The van der Waals surface area contributed by atoms with Crippen LogP contribution in [0.5, 0.6) is 0 Å². The van der Waals surface area contributed by atoms with Crippen LogP contribution >= 0.6 is 23.3 Å². The fourth-order valence-electron chi connectivity index (χ4n) is 1.05. The number of carboxylic acids is 1. The van der Waals surface area contributed by atoms with Gasteiger partial charge in [-0.05, 0) is 11.5 Å². The predicted molar refractivity (Wildman–Crippen MR) is 58.3 cm³/mol. The summed E-state index contributed by atoms with van der Waals surface area (Å²) in [5.74, 6) is -0.340. The molecule has 2 aromatic heterocycles. The van der Waals surface area contributed by atoms with Crippen LogP contribution in [0, 0.1) is 0 Å². The normalized spacial score (nSPS) is 10.6. The number of nitrogens with zero attached hydrogens (tertiary/aromatic N) is 5. The van der Waals surface area contributed by atoms with Crippen molar-refractivity contribution in [1.82, 2.24) is 24.4 Å². The van der Waals surface area contributed by atoms with E-state index in [0.29, 0.717) is 16.7 Å². The summed E-state index contributed by atoms with van der Waals surface area (Å²) in [7, 11) is 1.76. The first-order valence-corrected chi connectivity index (χ1v) is 6.02. The first kappa shape index (κ1) is 11.0. The minimum absolute atomic E-state index is 0.0404. The molecular weight excluding hydrogens is 250 g/mol. The highest BCUT2D eigenvalue weighted by Gasteiger charge is 2.13. The van der Waals surface area contributed by atoms with Gasteiger partial charge in [-0.1, -0.05) is 16.3 Å². The molecule has 9 heteroatoms. The van der Waals surface area contributed by atoms with Crippen molar-refractivity contribution in [3.05, 3.63) is 5.38 Å². The third kappa shape index (κ3) is 2.19. The molecule has 0 bridgehead atoms. The van der Waals surface area contributed by atoms with Crippen LogP contribution in [0.1, 0.15) is 0 Å². The van der Waals surface area contributed by atoms with Crippen LogP contribution < -0.4 is 0 Å². The van der Waals surface area contributed by atoms with E-state index in [4.69, 9.17) is 5.11 Å². The molecule has 0 aliphatic carbocycles. The van der Waals surface area contributed by atoms with Gasteiger partial charge in [0.2, 0.25) is 0 Å². The molecule has 0 amide bonds. The summed E-state index contributed by atoms with van der Waals surface area (Å²) in [5, 5.41) is 22.6. The monoisotopic (exact) mass is 257 g/mol. The van der Waals surface area contributed by atoms with E-state index in [9.17, 15) is 4.79 Å². The SMILES string of the molecule is Cn1c(SCC(=O)O)nnc1-c1csnn1. The maximum atomic E-state index is 10.4. The average molecular weight is 257 g/mol. The van der Waals surface area contributed by atoms with Crippen molar-refractivity contribution in [2.75, 3.05) is 5.75 Å². The van der Waals surface area contributed by atoms with Gasteiger partial charge in [-0.25, -0.2) is 0 Å². The minimum atomic E-state index is -0.884. The smallest absolute Gasteiger partial charge is 0.313 e. The van der Waals surface area contributed by atoms with Gasteiger partial charge in [0.05, 0.1) is 5.75 Å². The van der Waals surface area contributed by atoms with Crippen molar-refractivity contribution in [2.45, 2.75) is 5.16 Å². The lowest BCUT2D eigenvalue weighted by atomic mass is 10.5. The molecule has 84 valence electrons. The highest BCUT2D eigenvalue weighted by molar-refractivity contribution is 7.99. The van der Waals surface area contributed by atoms with Gasteiger partial charge in [0.25, 0.3) is 0 Å². The van der Waals surface area contributed by atoms with E-state index in [1.165, 1.54) is 11.5 Å². The van der Waals surface area contributed by atoms with Crippen LogP contribution in [0.15, 0.2) is 10.5 Å². The zero-order chi connectivity index (χ0) is 11.5. The first-order chi connectivity index (χ1) is 7.68. The molecule has 7 nitrogen and oxygen atoms in total. The van der Waals surface area contributed by atoms with Crippen molar-refractivity contribution in [2.24, 2.45) is 7.05 Å². The first-order valence-electron chi connectivity index (χ1n) is 4.20. The number of carboxylic acid groups (broad SMARTS) is 1. The molecule has 0 spiro atoms. The third-order valence-electron chi connectivity index (χ3n) is 1.75. The number of rotatable bonds is 4. The second-order valence-corrected chi connectivity index (χ2v) is 4.39. The zero-order valence-electron chi connectivity index (χ0n) is 8.19. The van der Waals surface area contributed by atoms with Crippen molar-refractivity contribution in [3.8, 4) is 11.5 Å². The maximum Gasteiger partial charge on any atom is 0.313 e. The molecule has 0 atom stereocenters. The molecule has 0 radical (unpaired) electrons. The lowest BCUT2D eigenvalue weighted by molar-refractivity contribution is -0.133. The molecule has 16 heavy (non-hydrogen) atoms. The van der Waals surface area contributed by atoms with Crippen LogP contribution in [0.3, 0.4) is 0 Å². The minimum Gasteiger partial charge on any atom is -0.481 e. The molecule has 0 aliphatic rings. The van der Waals surface area contributed by atoms with E-state index >= 15 is 0 Å². The van der Waals surface area contributed by atoms with Gasteiger partial charge in [-0.3, -0.25) is 4.79 Å². The Balaban J connectivity index is 2.21. The number of thioether (sulfide) groups is 1. The summed E-state index contributed by atoms with van der Waals surface area (Å²) in [6.07, 6.45) is 0. The Hall–Kier alpha value is -1.48. The zero-order valence-corrected chi connectivity index (χ0v) is 9.83. The van der Waals surface area contributed by atoms with Crippen LogP contribution in [-0.4, -0.2) is 41.2 Å². The van der Waals surface area contributed by atoms with Gasteiger partial charge in [-0.2, -0.15) is 0 Å². The average Bonchev–Trinajstić information content (AvgIpc) is 2.84. The standard InChI is InChI=1S/C7H7N5O2S2/c1-12-6(4-2-16-11-8-4)9-10-7(12)15-3-5(13)14/h2H,3H2,1H3,(H,13,14). The van der Waals surface area contributed by atoms with Crippen LogP contribution in [-0.2, 0) is 11.8 Å². The van der Waals surface area contributed by atoms with Crippen LogP contribution in [0.4, 0.5) is 0 Å². The van der Waals surface area contributed by atoms with E-state index in [-0.39, 0.29) is 5.75 Å². The second-order valence-electron chi connectivity index (χ2n) is 2.84. The molecule has 0 unspecified atom stereocenters. The van der Waals surface area contributed by atoms with E-state index in [1.54, 1.807) is 17.0 Å². The van der Waals surface area contributed by atoms with Crippen molar-refractivity contribution in [1.29, 1.82) is 0 Å². The van der Waals surface area contributed by atoms with Gasteiger partial charge >= 0.3 is 5.97 Å². The number of carbonyl (C=O) groups is 1. The number of aliphatic carboxylic acids is 1. The molecule has 0 saturated heterocycles. The number of hydrogen-bond donors (Lipinski definition) is 1. The summed E-state index contributed by atoms with van der Waals surface area (Å²) < 4.78 is 5.43. The van der Waals surface area contributed by atoms with Crippen molar-refractivity contribution in [3.63, 3.8) is 0 Å². The Morgan fingerprint density at radius 3 is 3.00 bits per heavy atom. The van der Waals surface area contributed by atoms with E-state index in [2.05, 4.69) is 19.8 Å². The molecule has 2 rings (SSSR count). The number of hydrogen-bond acceptors (Lipinski definition) is 7. The van der Waals surface area contributed by atoms with Gasteiger partial charge in [0, 0.05) is 12.4 Å². The second kappa shape index (κ2) is 4.58. The largest absolute Gasteiger partial charge is 0.481 e. The molecule has 2 aromatic rings. The Kier molecular flexibility index (Phi) is 3.15. The highest BCUT2D eigenvalue weighted by Crippen LogP contribution is 2.21. The summed E-state index contributed by atoms with van der Waals surface area (Å²) in [6.45, 7) is 0. The summed E-state index contributed by atoms with van der Waals surface area (Å²) >= 11 is 2.35. The van der Waals surface area contributed by atoms with E-state index in [0.717, 1.165) is 11.8 Å². The van der Waals surface area contributed by atoms with Crippen molar-refractivity contribution < 1.29 is 9.90 Å². The highest BCUT2D eigenvalue weighted by atomic mass is 32.2. The summed E-state index contributed by atoms with van der Waals surface area (Å²) in [6, 6.07) is 0. The Morgan fingerprint density at radius 2 is 2.38 bits per heavy atom. The van der Waals surface area contributed by atoms with Crippen LogP contribution in [0.2, 0.25) is 0 Å². The number of aromatic nitrogens is 5. The summed E-state index contributed by atoms with van der Waals surface area (Å²) in [5.41, 5.74) is 0.641. The molecule has 1 N–H and O–H groups in total. The molecule has 0 fully saturated rings. The molecular formula is C7H7N5O2S2. The third-order valence-corrected chi connectivity index (χ3v) is 3.26. The quantitative estimate of drug-likeness (QED) is 0.797. The van der Waals surface area contributed by atoms with Gasteiger partial charge < -0.3 is 9.67 Å².